The highest BCUT2D eigenvalue weighted by Gasteiger charge is 2.39. The van der Waals surface area contributed by atoms with Gasteiger partial charge in [0.1, 0.15) is 4.88 Å². The van der Waals surface area contributed by atoms with Gasteiger partial charge in [-0.15, -0.1) is 11.3 Å². The van der Waals surface area contributed by atoms with Gasteiger partial charge in [-0.05, 0) is 82.7 Å². The summed E-state index contributed by atoms with van der Waals surface area (Å²) in [6.07, 6.45) is 4.39. The molecule has 0 spiro atoms. The summed E-state index contributed by atoms with van der Waals surface area (Å²) < 4.78 is 27.6. The molecule has 7 nitrogen and oxygen atoms in total. The molecular formula is C28H36N2O5S3. The lowest BCUT2D eigenvalue weighted by Crippen LogP contribution is -2.51. The first-order valence-electron chi connectivity index (χ1n) is 13.1. The van der Waals surface area contributed by atoms with E-state index in [4.69, 9.17) is 0 Å². The van der Waals surface area contributed by atoms with Gasteiger partial charge in [0, 0.05) is 35.8 Å². The molecule has 1 N–H and O–H groups in total. The number of piperidine rings is 1. The fourth-order valence-corrected chi connectivity index (χ4v) is 8.44. The van der Waals surface area contributed by atoms with Crippen molar-refractivity contribution in [2.24, 2.45) is 17.3 Å². The van der Waals surface area contributed by atoms with E-state index in [2.05, 4.69) is 18.8 Å². The largest absolute Gasteiger partial charge is 0.477 e. The second kappa shape index (κ2) is 11.5. The molecule has 1 saturated heterocycles. The van der Waals surface area contributed by atoms with Crippen LogP contribution in [0.25, 0.3) is 0 Å². The second-order valence-corrected chi connectivity index (χ2v) is 15.2. The molecule has 2 aliphatic rings. The summed E-state index contributed by atoms with van der Waals surface area (Å²) in [5.74, 6) is 5.55. The maximum Gasteiger partial charge on any atom is 0.348 e. The van der Waals surface area contributed by atoms with Gasteiger partial charge in [-0.1, -0.05) is 18.8 Å². The first kappa shape index (κ1) is 28.8. The predicted octanol–water partition coefficient (Wildman–Crippen LogP) is 5.92. The van der Waals surface area contributed by atoms with Crippen molar-refractivity contribution in [1.29, 1.82) is 0 Å². The van der Waals surface area contributed by atoms with Crippen molar-refractivity contribution in [2.45, 2.75) is 77.2 Å². The number of carbonyl (C=O) groups excluding carboxylic acids is 1. The topological polar surface area (TPSA) is 95.0 Å². The number of carboxylic acids is 1. The van der Waals surface area contributed by atoms with Gasteiger partial charge in [0.25, 0.3) is 0 Å². The molecule has 38 heavy (non-hydrogen) atoms. The summed E-state index contributed by atoms with van der Waals surface area (Å²) in [7, 11) is -3.59. The first-order chi connectivity index (χ1) is 17.9. The molecule has 2 fully saturated rings. The Morgan fingerprint density at radius 1 is 1.11 bits per heavy atom. The predicted molar refractivity (Wildman–Crippen MR) is 152 cm³/mol. The minimum absolute atomic E-state index is 0.0494. The van der Waals surface area contributed by atoms with Gasteiger partial charge in [-0.3, -0.25) is 4.79 Å². The number of amides is 1. The number of rotatable bonds is 6. The lowest BCUT2D eigenvalue weighted by atomic mass is 9.82. The summed E-state index contributed by atoms with van der Waals surface area (Å²) in [5.41, 5.74) is 0.145. The fraction of sp³-hybridized carbons (Fsp3) is 0.571. The molecule has 0 unspecified atom stereocenters. The Balaban J connectivity index is 1.66. The van der Waals surface area contributed by atoms with Gasteiger partial charge in [0.15, 0.2) is 0 Å². The van der Waals surface area contributed by atoms with Crippen LogP contribution in [0.15, 0.2) is 27.8 Å². The SMILES string of the molecule is CC(C)(C)C#Cc1cc(N(C(=O)[C@H]2CC[C@H](C)CC2)C2CCN(S(=O)(=O)c3ccsc3)CC2)c(C(=O)O)s1. The Hall–Kier alpha value is -2.19. The fourth-order valence-electron chi connectivity index (χ4n) is 5.11. The number of hydrogen-bond donors (Lipinski definition) is 1. The van der Waals surface area contributed by atoms with Crippen LogP contribution in [0, 0.1) is 29.1 Å². The van der Waals surface area contributed by atoms with Gasteiger partial charge in [-0.25, -0.2) is 13.2 Å². The van der Waals surface area contributed by atoms with E-state index in [-0.39, 0.29) is 41.2 Å². The molecule has 1 aliphatic heterocycles. The molecule has 1 amide bonds. The third-order valence-electron chi connectivity index (χ3n) is 7.25. The quantitative estimate of drug-likeness (QED) is 0.431. The average molecular weight is 577 g/mol. The standard InChI is InChI=1S/C28H36N2O5S3/c1-19-5-7-20(8-6-19)26(31)30(24-17-22(9-13-28(2,3)4)37-25(24)27(32)33)21-10-14-29(15-11-21)38(34,35)23-12-16-36-18-23/h12,16-21H,5-8,10-11,14-15H2,1-4H3,(H,32,33)/t19-,20-. The molecule has 206 valence electrons. The van der Waals surface area contributed by atoms with Crippen molar-refractivity contribution in [2.75, 3.05) is 18.0 Å². The van der Waals surface area contributed by atoms with Gasteiger partial charge >= 0.3 is 5.97 Å². The van der Waals surface area contributed by atoms with Crippen molar-refractivity contribution in [3.05, 3.63) is 32.6 Å². The third kappa shape index (κ3) is 6.50. The van der Waals surface area contributed by atoms with Crippen molar-refractivity contribution in [3.63, 3.8) is 0 Å². The summed E-state index contributed by atoms with van der Waals surface area (Å²) >= 11 is 2.44. The van der Waals surface area contributed by atoms with Crippen LogP contribution in [0.2, 0.25) is 0 Å². The van der Waals surface area contributed by atoms with E-state index in [9.17, 15) is 23.1 Å². The number of hydrogen-bond acceptors (Lipinski definition) is 6. The number of carboxylic acid groups (broad SMARTS) is 1. The van der Waals surface area contributed by atoms with Crippen LogP contribution >= 0.6 is 22.7 Å². The molecule has 0 bridgehead atoms. The zero-order valence-electron chi connectivity index (χ0n) is 22.4. The third-order valence-corrected chi connectivity index (χ3v) is 11.0. The molecule has 1 saturated carbocycles. The van der Waals surface area contributed by atoms with Crippen LogP contribution in [-0.4, -0.2) is 48.8 Å². The molecule has 10 heteroatoms. The van der Waals surface area contributed by atoms with E-state index >= 15 is 0 Å². The maximum atomic E-state index is 14.0. The monoisotopic (exact) mass is 576 g/mol. The Labute approximate surface area is 233 Å². The summed E-state index contributed by atoms with van der Waals surface area (Å²) in [6, 6.07) is 3.06. The number of carbonyl (C=O) groups is 2. The number of anilines is 1. The van der Waals surface area contributed by atoms with Crippen LogP contribution in [0.3, 0.4) is 0 Å². The van der Waals surface area contributed by atoms with Crippen molar-refractivity contribution in [1.82, 2.24) is 4.31 Å². The Morgan fingerprint density at radius 2 is 1.76 bits per heavy atom. The molecule has 2 aromatic rings. The van der Waals surface area contributed by atoms with E-state index < -0.39 is 16.0 Å². The van der Waals surface area contributed by atoms with E-state index in [1.165, 1.54) is 15.6 Å². The number of aromatic carboxylic acids is 1. The van der Waals surface area contributed by atoms with Gasteiger partial charge in [0.2, 0.25) is 15.9 Å². The first-order valence-corrected chi connectivity index (χ1v) is 16.3. The number of sulfonamides is 1. The molecular weight excluding hydrogens is 541 g/mol. The van der Waals surface area contributed by atoms with Crippen LogP contribution in [0.5, 0.6) is 0 Å². The maximum absolute atomic E-state index is 14.0. The smallest absolute Gasteiger partial charge is 0.348 e. The van der Waals surface area contributed by atoms with Gasteiger partial charge in [-0.2, -0.15) is 15.6 Å². The lowest BCUT2D eigenvalue weighted by molar-refractivity contribution is -0.124. The molecule has 0 aromatic carbocycles. The van der Waals surface area contributed by atoms with E-state index in [0.29, 0.717) is 34.2 Å². The van der Waals surface area contributed by atoms with Crippen LogP contribution in [-0.2, 0) is 14.8 Å². The highest BCUT2D eigenvalue weighted by atomic mass is 32.2. The molecule has 1 aliphatic carbocycles. The molecule has 3 heterocycles. The summed E-state index contributed by atoms with van der Waals surface area (Å²) in [5, 5.41) is 13.4. The number of nitrogens with zero attached hydrogens (tertiary/aromatic N) is 2. The summed E-state index contributed by atoms with van der Waals surface area (Å²) in [4.78, 5) is 29.1. The molecule has 0 atom stereocenters. The Kier molecular flexibility index (Phi) is 8.72. The van der Waals surface area contributed by atoms with Gasteiger partial charge < -0.3 is 10.0 Å². The van der Waals surface area contributed by atoms with Crippen molar-refractivity contribution in [3.8, 4) is 11.8 Å². The van der Waals surface area contributed by atoms with E-state index in [1.54, 1.807) is 27.8 Å². The summed E-state index contributed by atoms with van der Waals surface area (Å²) in [6.45, 7) is 8.72. The van der Waals surface area contributed by atoms with Crippen molar-refractivity contribution >= 4 is 50.3 Å². The van der Waals surface area contributed by atoms with E-state index in [1.807, 2.05) is 20.8 Å². The molecule has 0 radical (unpaired) electrons. The van der Waals surface area contributed by atoms with Crippen LogP contribution < -0.4 is 4.90 Å². The minimum Gasteiger partial charge on any atom is -0.477 e. The zero-order valence-corrected chi connectivity index (χ0v) is 24.8. The second-order valence-electron chi connectivity index (χ2n) is 11.4. The minimum atomic E-state index is -3.59. The van der Waals surface area contributed by atoms with Gasteiger partial charge in [0.05, 0.1) is 15.5 Å². The molecule has 2 aromatic heterocycles. The zero-order chi connectivity index (χ0) is 27.7. The highest BCUT2D eigenvalue weighted by molar-refractivity contribution is 7.89. The van der Waals surface area contributed by atoms with E-state index in [0.717, 1.165) is 37.0 Å². The Bertz CT molecular complexity index is 1310. The van der Waals surface area contributed by atoms with Crippen LogP contribution in [0.4, 0.5) is 5.69 Å². The molecule has 4 rings (SSSR count). The van der Waals surface area contributed by atoms with Crippen LogP contribution in [0.1, 0.15) is 80.8 Å². The Morgan fingerprint density at radius 3 is 2.32 bits per heavy atom. The van der Waals surface area contributed by atoms with Crippen molar-refractivity contribution < 1.29 is 23.1 Å². The average Bonchev–Trinajstić information content (AvgIpc) is 3.55. The lowest BCUT2D eigenvalue weighted by Gasteiger charge is -2.40. The normalized spacial score (nSPS) is 21.5. The number of thiophene rings is 2. The highest BCUT2D eigenvalue weighted by Crippen LogP contribution is 2.38.